The van der Waals surface area contributed by atoms with Crippen molar-refractivity contribution in [3.05, 3.63) is 70.5 Å². The van der Waals surface area contributed by atoms with Crippen molar-refractivity contribution in [1.29, 1.82) is 0 Å². The summed E-state index contributed by atoms with van der Waals surface area (Å²) in [5.41, 5.74) is 4.63. The molecule has 1 amide bonds. The SMILES string of the molecule is Cc1ccc(CN2CCC(O)(c3ccc4oc(C(=O)NC[C@H]5CCCO5)cc4c3)CC2)c(C)c1. The zero-order valence-corrected chi connectivity index (χ0v) is 20.1. The number of amides is 1. The lowest BCUT2D eigenvalue weighted by atomic mass is 9.84. The van der Waals surface area contributed by atoms with Gasteiger partial charge in [-0.1, -0.05) is 29.8 Å². The van der Waals surface area contributed by atoms with Crippen molar-refractivity contribution in [1.82, 2.24) is 10.2 Å². The van der Waals surface area contributed by atoms with Crippen LogP contribution in [0, 0.1) is 13.8 Å². The average molecular weight is 463 g/mol. The Hall–Kier alpha value is -2.67. The van der Waals surface area contributed by atoms with Gasteiger partial charge in [-0.2, -0.15) is 0 Å². The molecule has 2 aliphatic rings. The molecule has 0 bridgehead atoms. The first kappa shape index (κ1) is 23.1. The summed E-state index contributed by atoms with van der Waals surface area (Å²) in [6, 6.07) is 14.1. The molecular weight excluding hydrogens is 428 g/mol. The molecule has 180 valence electrons. The van der Waals surface area contributed by atoms with Crippen molar-refractivity contribution in [2.24, 2.45) is 0 Å². The molecule has 2 saturated heterocycles. The molecular formula is C28H34N2O4. The van der Waals surface area contributed by atoms with E-state index in [9.17, 15) is 9.90 Å². The molecule has 6 nitrogen and oxygen atoms in total. The van der Waals surface area contributed by atoms with Crippen molar-refractivity contribution in [3.8, 4) is 0 Å². The van der Waals surface area contributed by atoms with Gasteiger partial charge in [0.05, 0.1) is 11.7 Å². The summed E-state index contributed by atoms with van der Waals surface area (Å²) in [5, 5.41) is 15.2. The second-order valence-corrected chi connectivity index (χ2v) is 9.95. The van der Waals surface area contributed by atoms with Crippen molar-refractivity contribution in [2.45, 2.75) is 57.8 Å². The number of fused-ring (bicyclic) bond motifs is 1. The van der Waals surface area contributed by atoms with E-state index in [1.807, 2.05) is 18.2 Å². The number of ether oxygens (including phenoxy) is 1. The van der Waals surface area contributed by atoms with E-state index in [4.69, 9.17) is 9.15 Å². The number of aryl methyl sites for hydroxylation is 2. The Morgan fingerprint density at radius 1 is 1.15 bits per heavy atom. The predicted octanol–water partition coefficient (Wildman–Crippen LogP) is 4.44. The van der Waals surface area contributed by atoms with Gasteiger partial charge in [-0.25, -0.2) is 0 Å². The summed E-state index contributed by atoms with van der Waals surface area (Å²) in [6.07, 6.45) is 3.46. The van der Waals surface area contributed by atoms with Crippen LogP contribution in [-0.2, 0) is 16.9 Å². The van der Waals surface area contributed by atoms with Crippen LogP contribution >= 0.6 is 0 Å². The van der Waals surface area contributed by atoms with E-state index in [1.54, 1.807) is 6.07 Å². The molecule has 1 atom stereocenters. The molecule has 0 radical (unpaired) electrons. The lowest BCUT2D eigenvalue weighted by molar-refractivity contribution is -0.0276. The number of hydrogen-bond acceptors (Lipinski definition) is 5. The van der Waals surface area contributed by atoms with Crippen molar-refractivity contribution >= 4 is 16.9 Å². The smallest absolute Gasteiger partial charge is 0.287 e. The zero-order valence-electron chi connectivity index (χ0n) is 20.1. The van der Waals surface area contributed by atoms with E-state index < -0.39 is 5.60 Å². The third-order valence-electron chi connectivity index (χ3n) is 7.37. The Morgan fingerprint density at radius 3 is 2.71 bits per heavy atom. The Labute approximate surface area is 200 Å². The van der Waals surface area contributed by atoms with Crippen LogP contribution in [0.15, 0.2) is 46.9 Å². The predicted molar refractivity (Wildman–Crippen MR) is 132 cm³/mol. The highest BCUT2D eigenvalue weighted by Gasteiger charge is 2.34. The maximum Gasteiger partial charge on any atom is 0.287 e. The Morgan fingerprint density at radius 2 is 1.97 bits per heavy atom. The van der Waals surface area contributed by atoms with Crippen LogP contribution in [-0.4, -0.2) is 48.3 Å². The summed E-state index contributed by atoms with van der Waals surface area (Å²) in [5.74, 6) is 0.0621. The summed E-state index contributed by atoms with van der Waals surface area (Å²) in [4.78, 5) is 14.9. The molecule has 5 rings (SSSR count). The van der Waals surface area contributed by atoms with Gasteiger partial charge in [-0.3, -0.25) is 9.69 Å². The van der Waals surface area contributed by atoms with Gasteiger partial charge in [0, 0.05) is 38.2 Å². The van der Waals surface area contributed by atoms with Gasteiger partial charge in [0.2, 0.25) is 0 Å². The molecule has 0 aliphatic carbocycles. The number of carbonyl (C=O) groups is 1. The summed E-state index contributed by atoms with van der Waals surface area (Å²) in [7, 11) is 0. The number of carbonyl (C=O) groups excluding carboxylic acids is 1. The standard InChI is InChI=1S/C28H34N2O4/c1-19-5-6-21(20(2)14-19)18-30-11-9-28(32,10-12-30)23-7-8-25-22(15-23)16-26(34-25)27(31)29-17-24-4-3-13-33-24/h5-8,14-16,24,32H,3-4,9-13,17-18H2,1-2H3,(H,29,31)/t24-/m1/s1. The largest absolute Gasteiger partial charge is 0.451 e. The van der Waals surface area contributed by atoms with Crippen LogP contribution < -0.4 is 5.32 Å². The van der Waals surface area contributed by atoms with Crippen LogP contribution in [0.25, 0.3) is 11.0 Å². The molecule has 3 aromatic rings. The monoisotopic (exact) mass is 462 g/mol. The fourth-order valence-corrected chi connectivity index (χ4v) is 5.18. The highest BCUT2D eigenvalue weighted by atomic mass is 16.5. The number of likely N-dealkylation sites (tertiary alicyclic amines) is 1. The topological polar surface area (TPSA) is 74.9 Å². The number of rotatable bonds is 6. The van der Waals surface area contributed by atoms with Gasteiger partial charge in [0.25, 0.3) is 5.91 Å². The normalized spacial score (nSPS) is 20.6. The first-order valence-corrected chi connectivity index (χ1v) is 12.3. The van der Waals surface area contributed by atoms with Gasteiger partial charge >= 0.3 is 0 Å². The zero-order chi connectivity index (χ0) is 23.7. The highest BCUT2D eigenvalue weighted by Crippen LogP contribution is 2.35. The van der Waals surface area contributed by atoms with Gasteiger partial charge < -0.3 is 19.6 Å². The minimum absolute atomic E-state index is 0.0926. The summed E-state index contributed by atoms with van der Waals surface area (Å²) >= 11 is 0. The fourth-order valence-electron chi connectivity index (χ4n) is 5.18. The maximum absolute atomic E-state index is 12.5. The van der Waals surface area contributed by atoms with E-state index in [0.29, 0.717) is 30.7 Å². The van der Waals surface area contributed by atoms with Gasteiger partial charge in [-0.05, 0) is 74.4 Å². The average Bonchev–Trinajstić information content (AvgIpc) is 3.50. The number of hydrogen-bond donors (Lipinski definition) is 2. The van der Waals surface area contributed by atoms with Crippen LogP contribution in [0.2, 0.25) is 0 Å². The van der Waals surface area contributed by atoms with Crippen molar-refractivity contribution in [2.75, 3.05) is 26.2 Å². The molecule has 2 aliphatic heterocycles. The van der Waals surface area contributed by atoms with E-state index in [2.05, 4.69) is 42.3 Å². The summed E-state index contributed by atoms with van der Waals surface area (Å²) in [6.45, 7) is 8.14. The minimum Gasteiger partial charge on any atom is -0.451 e. The number of furan rings is 1. The third kappa shape index (κ3) is 4.90. The molecule has 0 saturated carbocycles. The first-order valence-electron chi connectivity index (χ1n) is 12.3. The van der Waals surface area contributed by atoms with E-state index >= 15 is 0 Å². The quantitative estimate of drug-likeness (QED) is 0.566. The van der Waals surface area contributed by atoms with Crippen molar-refractivity contribution < 1.29 is 19.1 Å². The Balaban J connectivity index is 1.23. The van der Waals surface area contributed by atoms with Crippen LogP contribution in [0.5, 0.6) is 0 Å². The Kier molecular flexibility index (Phi) is 6.47. The van der Waals surface area contributed by atoms with Gasteiger partial charge in [0.15, 0.2) is 5.76 Å². The minimum atomic E-state index is -0.869. The van der Waals surface area contributed by atoms with E-state index in [-0.39, 0.29) is 12.0 Å². The van der Waals surface area contributed by atoms with E-state index in [0.717, 1.165) is 50.0 Å². The summed E-state index contributed by atoms with van der Waals surface area (Å²) < 4.78 is 11.3. The fraction of sp³-hybridized carbons (Fsp3) is 0.464. The lowest BCUT2D eigenvalue weighted by Gasteiger charge is -2.38. The number of nitrogens with zero attached hydrogens (tertiary/aromatic N) is 1. The Bertz CT molecular complexity index is 1170. The van der Waals surface area contributed by atoms with E-state index in [1.165, 1.54) is 16.7 Å². The first-order chi connectivity index (χ1) is 16.4. The second-order valence-electron chi connectivity index (χ2n) is 9.95. The number of nitrogens with one attached hydrogen (secondary N) is 1. The second kappa shape index (κ2) is 9.53. The molecule has 6 heteroatoms. The van der Waals surface area contributed by atoms with Crippen LogP contribution in [0.3, 0.4) is 0 Å². The number of aliphatic hydroxyl groups is 1. The van der Waals surface area contributed by atoms with Crippen molar-refractivity contribution in [3.63, 3.8) is 0 Å². The molecule has 2 N–H and O–H groups in total. The molecule has 34 heavy (non-hydrogen) atoms. The molecule has 0 spiro atoms. The third-order valence-corrected chi connectivity index (χ3v) is 7.37. The highest BCUT2D eigenvalue weighted by molar-refractivity contribution is 5.96. The molecule has 3 heterocycles. The van der Waals surface area contributed by atoms with Crippen LogP contribution in [0.1, 0.15) is 58.5 Å². The van der Waals surface area contributed by atoms with Gasteiger partial charge in [-0.15, -0.1) is 0 Å². The molecule has 2 fully saturated rings. The lowest BCUT2D eigenvalue weighted by Crippen LogP contribution is -2.42. The van der Waals surface area contributed by atoms with Gasteiger partial charge in [0.1, 0.15) is 5.58 Å². The maximum atomic E-state index is 12.5. The molecule has 0 unspecified atom stereocenters. The molecule has 1 aromatic heterocycles. The number of piperidine rings is 1. The molecule has 2 aromatic carbocycles. The number of benzene rings is 2. The van der Waals surface area contributed by atoms with Crippen LogP contribution in [0.4, 0.5) is 0 Å².